The summed E-state index contributed by atoms with van der Waals surface area (Å²) in [5.41, 5.74) is 3.67. The smallest absolute Gasteiger partial charge is 0.245 e. The van der Waals surface area contributed by atoms with Gasteiger partial charge in [0.1, 0.15) is 5.82 Å². The summed E-state index contributed by atoms with van der Waals surface area (Å²) < 4.78 is 15.0. The second-order valence-electron chi connectivity index (χ2n) is 7.05. The van der Waals surface area contributed by atoms with E-state index in [1.165, 1.54) is 18.2 Å². The highest BCUT2D eigenvalue weighted by atomic mass is 19.1. The van der Waals surface area contributed by atoms with Gasteiger partial charge < -0.3 is 10.2 Å². The normalized spacial score (nSPS) is 13.9. The number of hydrogen-bond acceptors (Lipinski definition) is 4. The zero-order valence-corrected chi connectivity index (χ0v) is 15.7. The SMILES string of the molecule is CN(C)/C=C/C(=O)c1c(-c2ccc(F)cc2)cc2c3c1ccn3C(=O)CNC2. The first-order valence-electron chi connectivity index (χ1n) is 9.01. The Bertz CT molecular complexity index is 1110. The highest BCUT2D eigenvalue weighted by molar-refractivity contribution is 6.19. The largest absolute Gasteiger partial charge is 0.383 e. The Hall–Kier alpha value is -3.25. The van der Waals surface area contributed by atoms with Crippen molar-refractivity contribution in [3.63, 3.8) is 0 Å². The maximum atomic E-state index is 13.4. The van der Waals surface area contributed by atoms with Crippen molar-refractivity contribution in [1.82, 2.24) is 14.8 Å². The summed E-state index contributed by atoms with van der Waals surface area (Å²) in [4.78, 5) is 27.3. The van der Waals surface area contributed by atoms with E-state index in [2.05, 4.69) is 5.32 Å². The minimum Gasteiger partial charge on any atom is -0.383 e. The summed E-state index contributed by atoms with van der Waals surface area (Å²) in [6, 6.07) is 9.84. The van der Waals surface area contributed by atoms with Gasteiger partial charge in [-0.3, -0.25) is 14.2 Å². The minimum absolute atomic E-state index is 0.0643. The second-order valence-corrected chi connectivity index (χ2v) is 7.05. The van der Waals surface area contributed by atoms with Gasteiger partial charge in [-0.05, 0) is 41.0 Å². The fraction of sp³-hybridized carbons (Fsp3) is 0.182. The number of benzene rings is 2. The minimum atomic E-state index is -0.332. The lowest BCUT2D eigenvalue weighted by Gasteiger charge is -2.14. The molecule has 2 aromatic carbocycles. The van der Waals surface area contributed by atoms with Gasteiger partial charge in [0.25, 0.3) is 0 Å². The topological polar surface area (TPSA) is 54.3 Å². The summed E-state index contributed by atoms with van der Waals surface area (Å²) >= 11 is 0. The Morgan fingerprint density at radius 3 is 2.64 bits per heavy atom. The molecule has 6 heteroatoms. The number of hydrogen-bond donors (Lipinski definition) is 1. The summed E-state index contributed by atoms with van der Waals surface area (Å²) in [7, 11) is 3.68. The molecule has 28 heavy (non-hydrogen) atoms. The molecule has 1 aliphatic rings. The second kappa shape index (κ2) is 7.05. The number of aromatic nitrogens is 1. The number of nitrogens with zero attached hydrogens (tertiary/aromatic N) is 2. The predicted molar refractivity (Wildman–Crippen MR) is 107 cm³/mol. The van der Waals surface area contributed by atoms with Crippen LogP contribution in [0.5, 0.6) is 0 Å². The number of carbonyl (C=O) groups excluding carboxylic acids is 2. The number of nitrogens with one attached hydrogen (secondary N) is 1. The van der Waals surface area contributed by atoms with E-state index in [1.807, 2.05) is 26.2 Å². The standard InChI is InChI=1S/C22H20FN3O2/c1-25(2)9-8-19(27)21-17-7-10-26-20(28)13-24-12-15(22(17)26)11-18(21)14-3-5-16(23)6-4-14/h3-11,24H,12-13H2,1-2H3/b9-8+. The van der Waals surface area contributed by atoms with Crippen molar-refractivity contribution in [2.24, 2.45) is 0 Å². The number of halogens is 1. The monoisotopic (exact) mass is 377 g/mol. The lowest BCUT2D eigenvalue weighted by molar-refractivity contribution is 0.0919. The van der Waals surface area contributed by atoms with Crippen molar-refractivity contribution in [1.29, 1.82) is 0 Å². The lowest BCUT2D eigenvalue weighted by Crippen LogP contribution is -2.23. The molecule has 0 saturated carbocycles. The molecule has 2 heterocycles. The van der Waals surface area contributed by atoms with Crippen LogP contribution in [0.3, 0.4) is 0 Å². The Kier molecular flexibility index (Phi) is 4.57. The summed E-state index contributed by atoms with van der Waals surface area (Å²) in [6.07, 6.45) is 4.92. The van der Waals surface area contributed by atoms with Crippen LogP contribution in [0.1, 0.15) is 20.7 Å². The van der Waals surface area contributed by atoms with E-state index < -0.39 is 0 Å². The third-order valence-electron chi connectivity index (χ3n) is 4.83. The van der Waals surface area contributed by atoms with Crippen molar-refractivity contribution in [3.05, 3.63) is 71.8 Å². The molecule has 0 bridgehead atoms. The van der Waals surface area contributed by atoms with Crippen LogP contribution in [0.25, 0.3) is 22.0 Å². The van der Waals surface area contributed by atoms with Gasteiger partial charge >= 0.3 is 0 Å². The van der Waals surface area contributed by atoms with Crippen molar-refractivity contribution in [2.45, 2.75) is 6.54 Å². The molecule has 0 radical (unpaired) electrons. The fourth-order valence-electron chi connectivity index (χ4n) is 3.58. The van der Waals surface area contributed by atoms with Gasteiger partial charge in [-0.15, -0.1) is 0 Å². The highest BCUT2D eigenvalue weighted by Crippen LogP contribution is 2.35. The summed E-state index contributed by atoms with van der Waals surface area (Å²) in [6.45, 7) is 0.747. The van der Waals surface area contributed by atoms with Gasteiger partial charge in [-0.1, -0.05) is 12.1 Å². The molecule has 1 N–H and O–H groups in total. The number of rotatable bonds is 4. The molecule has 1 aromatic heterocycles. The Morgan fingerprint density at radius 1 is 1.18 bits per heavy atom. The third kappa shape index (κ3) is 3.12. The molecule has 0 unspecified atom stereocenters. The van der Waals surface area contributed by atoms with Gasteiger partial charge in [0.15, 0.2) is 5.78 Å². The van der Waals surface area contributed by atoms with E-state index in [-0.39, 0.29) is 24.1 Å². The number of allylic oxidation sites excluding steroid dienone is 1. The summed E-state index contributed by atoms with van der Waals surface area (Å²) in [5.74, 6) is -0.561. The van der Waals surface area contributed by atoms with Gasteiger partial charge in [-0.2, -0.15) is 0 Å². The van der Waals surface area contributed by atoms with Crippen LogP contribution in [-0.2, 0) is 6.54 Å². The van der Waals surface area contributed by atoms with E-state index >= 15 is 0 Å². The fourth-order valence-corrected chi connectivity index (χ4v) is 3.58. The van der Waals surface area contributed by atoms with Gasteiger partial charge in [-0.25, -0.2) is 4.39 Å². The first-order valence-corrected chi connectivity index (χ1v) is 9.01. The predicted octanol–water partition coefficient (Wildman–Crippen LogP) is 3.45. The third-order valence-corrected chi connectivity index (χ3v) is 4.83. The molecule has 142 valence electrons. The maximum Gasteiger partial charge on any atom is 0.245 e. The summed E-state index contributed by atoms with van der Waals surface area (Å²) in [5, 5.41) is 3.85. The van der Waals surface area contributed by atoms with Crippen molar-refractivity contribution < 1.29 is 14.0 Å². The Morgan fingerprint density at radius 2 is 1.93 bits per heavy atom. The van der Waals surface area contributed by atoms with Crippen molar-refractivity contribution in [3.8, 4) is 11.1 Å². The van der Waals surface area contributed by atoms with Crippen molar-refractivity contribution in [2.75, 3.05) is 20.6 Å². The lowest BCUT2D eigenvalue weighted by atomic mass is 9.91. The molecule has 5 nitrogen and oxygen atoms in total. The van der Waals surface area contributed by atoms with Gasteiger partial charge in [0, 0.05) is 50.1 Å². The molecular formula is C22H20FN3O2. The van der Waals surface area contributed by atoms with E-state index in [4.69, 9.17) is 0 Å². The zero-order chi connectivity index (χ0) is 19.8. The molecule has 0 fully saturated rings. The molecule has 0 aliphatic carbocycles. The molecule has 0 saturated heterocycles. The van der Waals surface area contributed by atoms with Gasteiger partial charge in [0.05, 0.1) is 12.1 Å². The highest BCUT2D eigenvalue weighted by Gasteiger charge is 2.23. The quantitative estimate of drug-likeness (QED) is 0.559. The Labute approximate surface area is 162 Å². The van der Waals surface area contributed by atoms with Crippen molar-refractivity contribution >= 4 is 22.6 Å². The molecule has 3 aromatic rings. The van der Waals surface area contributed by atoms with E-state index in [0.29, 0.717) is 12.1 Å². The van der Waals surface area contributed by atoms with Crippen LogP contribution in [0.15, 0.2) is 54.9 Å². The molecule has 0 atom stereocenters. The van der Waals surface area contributed by atoms with E-state index in [1.54, 1.807) is 34.0 Å². The average Bonchev–Trinajstić information content (AvgIpc) is 3.04. The first kappa shape index (κ1) is 18.1. The Balaban J connectivity index is 2.02. The van der Waals surface area contributed by atoms with Crippen LogP contribution >= 0.6 is 0 Å². The molecular weight excluding hydrogens is 357 g/mol. The van der Waals surface area contributed by atoms with Crippen LogP contribution in [0.2, 0.25) is 0 Å². The number of ketones is 1. The van der Waals surface area contributed by atoms with Gasteiger partial charge in [0.2, 0.25) is 5.91 Å². The van der Waals surface area contributed by atoms with E-state index in [0.717, 1.165) is 27.6 Å². The van der Waals surface area contributed by atoms with Crippen LogP contribution in [0, 0.1) is 5.82 Å². The molecule has 0 spiro atoms. The first-order chi connectivity index (χ1) is 13.5. The number of carbonyl (C=O) groups is 2. The average molecular weight is 377 g/mol. The zero-order valence-electron chi connectivity index (χ0n) is 15.7. The van der Waals surface area contributed by atoms with Crippen LogP contribution in [0.4, 0.5) is 4.39 Å². The van der Waals surface area contributed by atoms with Crippen LogP contribution < -0.4 is 5.32 Å². The van der Waals surface area contributed by atoms with E-state index in [9.17, 15) is 14.0 Å². The molecule has 4 rings (SSSR count). The molecule has 0 amide bonds. The van der Waals surface area contributed by atoms with Crippen LogP contribution in [-0.4, -0.2) is 41.8 Å². The molecule has 1 aliphatic heterocycles. The maximum absolute atomic E-state index is 13.4.